The summed E-state index contributed by atoms with van der Waals surface area (Å²) in [4.78, 5) is 0. The van der Waals surface area contributed by atoms with Gasteiger partial charge in [-0.2, -0.15) is 0 Å². The van der Waals surface area contributed by atoms with Crippen molar-refractivity contribution in [1.29, 1.82) is 0 Å². The van der Waals surface area contributed by atoms with Crippen molar-refractivity contribution < 1.29 is 4.74 Å². The average molecular weight is 587 g/mol. The molecule has 0 aromatic heterocycles. The van der Waals surface area contributed by atoms with E-state index >= 15 is 0 Å². The van der Waals surface area contributed by atoms with Crippen molar-refractivity contribution in [2.45, 2.75) is 5.41 Å². The Morgan fingerprint density at radius 3 is 1.59 bits per heavy atom. The number of hydrogen-bond donors (Lipinski definition) is 0. The van der Waals surface area contributed by atoms with E-state index in [9.17, 15) is 0 Å². The fourth-order valence-electron chi connectivity index (χ4n) is 7.44. The van der Waals surface area contributed by atoms with Gasteiger partial charge in [0, 0.05) is 11.1 Å². The molecule has 0 radical (unpaired) electrons. The number of ether oxygens (including phenoxy) is 1. The standard InChI is InChI=1S/C45H30O/c1-3-12-37(13-4-1)45(38-14-5-2-6-15-38)41-17-9-10-18-43(41)46-44-30-35(26-28-42(44)45)32-21-19-31(20-22-32)34-25-27-40-36(29-34)24-23-33-11-7-8-16-39(33)40/h1-30H. The van der Waals surface area contributed by atoms with Crippen LogP contribution in [0, 0.1) is 0 Å². The molecule has 1 heteroatoms. The molecule has 0 bridgehead atoms. The normalized spacial score (nSPS) is 13.1. The Morgan fingerprint density at radius 1 is 0.326 bits per heavy atom. The van der Waals surface area contributed by atoms with Crippen molar-refractivity contribution in [3.8, 4) is 33.8 Å². The minimum Gasteiger partial charge on any atom is -0.457 e. The highest BCUT2D eigenvalue weighted by atomic mass is 16.5. The zero-order chi connectivity index (χ0) is 30.5. The third-order valence-electron chi connectivity index (χ3n) is 9.61. The zero-order valence-electron chi connectivity index (χ0n) is 25.2. The first kappa shape index (κ1) is 26.5. The van der Waals surface area contributed by atoms with E-state index in [1.54, 1.807) is 0 Å². The van der Waals surface area contributed by atoms with E-state index in [1.807, 2.05) is 0 Å². The van der Waals surface area contributed by atoms with Crippen LogP contribution >= 0.6 is 0 Å². The summed E-state index contributed by atoms with van der Waals surface area (Å²) >= 11 is 0. The maximum atomic E-state index is 6.70. The van der Waals surface area contributed by atoms with E-state index in [2.05, 4.69) is 182 Å². The van der Waals surface area contributed by atoms with Crippen molar-refractivity contribution >= 4 is 21.5 Å². The Balaban J connectivity index is 1.14. The van der Waals surface area contributed by atoms with Gasteiger partial charge in [-0.15, -0.1) is 0 Å². The fourth-order valence-corrected chi connectivity index (χ4v) is 7.44. The number of rotatable bonds is 4. The van der Waals surface area contributed by atoms with Gasteiger partial charge in [0.15, 0.2) is 0 Å². The van der Waals surface area contributed by atoms with E-state index in [1.165, 1.54) is 43.8 Å². The molecule has 0 fully saturated rings. The molecule has 1 aliphatic heterocycles. The third kappa shape index (κ3) is 4.09. The van der Waals surface area contributed by atoms with Crippen LogP contribution in [-0.2, 0) is 5.41 Å². The van der Waals surface area contributed by atoms with Crippen LogP contribution in [0.5, 0.6) is 11.5 Å². The number of para-hydroxylation sites is 1. The summed E-state index contributed by atoms with van der Waals surface area (Å²) in [6.45, 7) is 0. The molecule has 9 rings (SSSR count). The lowest BCUT2D eigenvalue weighted by Crippen LogP contribution is -2.34. The van der Waals surface area contributed by atoms with Gasteiger partial charge in [-0.05, 0) is 73.1 Å². The van der Waals surface area contributed by atoms with E-state index in [0.29, 0.717) is 0 Å². The van der Waals surface area contributed by atoms with Crippen molar-refractivity contribution in [2.24, 2.45) is 0 Å². The summed E-state index contributed by atoms with van der Waals surface area (Å²) < 4.78 is 6.70. The molecular formula is C45H30O. The van der Waals surface area contributed by atoms with Gasteiger partial charge < -0.3 is 4.74 Å². The number of fused-ring (bicyclic) bond motifs is 5. The summed E-state index contributed by atoms with van der Waals surface area (Å²) in [5.41, 5.74) is 8.95. The topological polar surface area (TPSA) is 9.23 Å². The van der Waals surface area contributed by atoms with Crippen molar-refractivity contribution in [1.82, 2.24) is 0 Å². The SMILES string of the molecule is c1ccc(C2(c3ccccc3)c3ccccc3Oc3cc(-c4ccc(-c5ccc6c(ccc7ccccc76)c5)cc4)ccc32)cc1. The first-order valence-electron chi connectivity index (χ1n) is 15.8. The van der Waals surface area contributed by atoms with Gasteiger partial charge in [-0.1, -0.05) is 164 Å². The molecule has 0 unspecified atom stereocenters. The van der Waals surface area contributed by atoms with Crippen LogP contribution in [0.1, 0.15) is 22.3 Å². The predicted molar refractivity (Wildman–Crippen MR) is 191 cm³/mol. The summed E-state index contributed by atoms with van der Waals surface area (Å²) in [7, 11) is 0. The van der Waals surface area contributed by atoms with Gasteiger partial charge in [0.25, 0.3) is 0 Å². The molecule has 1 nitrogen and oxygen atoms in total. The fraction of sp³-hybridized carbons (Fsp3) is 0.0222. The van der Waals surface area contributed by atoms with Crippen molar-refractivity contribution in [3.63, 3.8) is 0 Å². The quantitative estimate of drug-likeness (QED) is 0.186. The second-order valence-corrected chi connectivity index (χ2v) is 12.1. The molecule has 0 atom stereocenters. The molecule has 1 aliphatic rings. The molecule has 0 amide bonds. The van der Waals surface area contributed by atoms with Crippen molar-refractivity contribution in [2.75, 3.05) is 0 Å². The Hall–Kier alpha value is -5.92. The maximum Gasteiger partial charge on any atom is 0.132 e. The lowest BCUT2D eigenvalue weighted by atomic mass is 9.63. The second kappa shape index (κ2) is 10.6. The Kier molecular flexibility index (Phi) is 6.11. The molecule has 0 saturated carbocycles. The molecule has 0 saturated heterocycles. The van der Waals surface area contributed by atoms with Gasteiger partial charge in [0.05, 0.1) is 5.41 Å². The van der Waals surface area contributed by atoms with Crippen molar-refractivity contribution in [3.05, 3.63) is 204 Å². The highest BCUT2D eigenvalue weighted by Gasteiger charge is 2.45. The maximum absolute atomic E-state index is 6.70. The molecule has 0 aliphatic carbocycles. The van der Waals surface area contributed by atoms with Crippen LogP contribution in [0.25, 0.3) is 43.8 Å². The van der Waals surface area contributed by atoms with E-state index in [-0.39, 0.29) is 0 Å². The average Bonchev–Trinajstić information content (AvgIpc) is 3.14. The van der Waals surface area contributed by atoms with Crippen LogP contribution in [0.3, 0.4) is 0 Å². The zero-order valence-corrected chi connectivity index (χ0v) is 25.2. The summed E-state index contributed by atoms with van der Waals surface area (Å²) in [6, 6.07) is 65.6. The van der Waals surface area contributed by atoms with Gasteiger partial charge in [-0.3, -0.25) is 0 Å². The Bertz CT molecular complexity index is 2330. The third-order valence-corrected chi connectivity index (χ3v) is 9.61. The minimum absolute atomic E-state index is 0.503. The summed E-state index contributed by atoms with van der Waals surface area (Å²) in [6.07, 6.45) is 0. The van der Waals surface area contributed by atoms with Gasteiger partial charge in [-0.25, -0.2) is 0 Å². The van der Waals surface area contributed by atoms with Gasteiger partial charge >= 0.3 is 0 Å². The smallest absolute Gasteiger partial charge is 0.132 e. The van der Waals surface area contributed by atoms with Gasteiger partial charge in [0.2, 0.25) is 0 Å². The highest BCUT2D eigenvalue weighted by molar-refractivity contribution is 6.08. The molecule has 8 aromatic rings. The molecule has 0 N–H and O–H groups in total. The summed E-state index contributed by atoms with van der Waals surface area (Å²) in [5, 5.41) is 5.11. The first-order valence-corrected chi connectivity index (χ1v) is 15.8. The molecule has 1 heterocycles. The molecular weight excluding hydrogens is 556 g/mol. The highest BCUT2D eigenvalue weighted by Crippen LogP contribution is 2.55. The van der Waals surface area contributed by atoms with Gasteiger partial charge in [0.1, 0.15) is 11.5 Å². The van der Waals surface area contributed by atoms with Crippen LogP contribution in [0.2, 0.25) is 0 Å². The number of benzene rings is 8. The van der Waals surface area contributed by atoms with Crippen LogP contribution in [0.15, 0.2) is 182 Å². The monoisotopic (exact) mass is 586 g/mol. The minimum atomic E-state index is -0.503. The predicted octanol–water partition coefficient (Wildman–Crippen LogP) is 11.8. The van der Waals surface area contributed by atoms with E-state index in [0.717, 1.165) is 33.8 Å². The van der Waals surface area contributed by atoms with E-state index < -0.39 is 5.41 Å². The molecule has 8 aromatic carbocycles. The molecule has 46 heavy (non-hydrogen) atoms. The first-order chi connectivity index (χ1) is 22.8. The van der Waals surface area contributed by atoms with E-state index in [4.69, 9.17) is 4.74 Å². The second-order valence-electron chi connectivity index (χ2n) is 12.1. The van der Waals surface area contributed by atoms with Crippen LogP contribution in [-0.4, -0.2) is 0 Å². The summed E-state index contributed by atoms with van der Waals surface area (Å²) in [5.74, 6) is 1.77. The lowest BCUT2D eigenvalue weighted by Gasteiger charge is -2.41. The Labute approximate surface area is 269 Å². The number of hydrogen-bond acceptors (Lipinski definition) is 1. The van der Waals surface area contributed by atoms with Crippen LogP contribution in [0.4, 0.5) is 0 Å². The Morgan fingerprint density at radius 2 is 0.848 bits per heavy atom. The van der Waals surface area contributed by atoms with Crippen LogP contribution < -0.4 is 4.74 Å². The lowest BCUT2D eigenvalue weighted by molar-refractivity contribution is 0.435. The molecule has 216 valence electrons. The molecule has 0 spiro atoms. The largest absolute Gasteiger partial charge is 0.457 e.